The lowest BCUT2D eigenvalue weighted by Crippen LogP contribution is -2.53. The van der Waals surface area contributed by atoms with E-state index in [9.17, 15) is 9.59 Å². The van der Waals surface area contributed by atoms with Gasteiger partial charge in [-0.2, -0.15) is 0 Å². The number of carbonyl (C=O) groups excluding carboxylic acids is 2. The predicted octanol–water partition coefficient (Wildman–Crippen LogP) is 5.51. The molecular weight excluding hydrogens is 354 g/mol. The van der Waals surface area contributed by atoms with E-state index in [-0.39, 0.29) is 12.6 Å². The largest absolute Gasteiger partial charge is 0.464 e. The van der Waals surface area contributed by atoms with Gasteiger partial charge in [-0.1, -0.05) is 83.5 Å². The molecule has 1 amide bonds. The molecule has 5 nitrogen and oxygen atoms in total. The van der Waals surface area contributed by atoms with Gasteiger partial charge in [-0.05, 0) is 26.2 Å². The van der Waals surface area contributed by atoms with Crippen LogP contribution < -0.4 is 5.32 Å². The maximum Gasteiger partial charge on any atom is 0.409 e. The first-order chi connectivity index (χ1) is 13.6. The second-order valence-corrected chi connectivity index (χ2v) is 7.74. The lowest BCUT2D eigenvalue weighted by molar-refractivity contribution is -0.151. The third-order valence-corrected chi connectivity index (χ3v) is 5.37. The summed E-state index contributed by atoms with van der Waals surface area (Å²) in [5, 5.41) is 2.74. The van der Waals surface area contributed by atoms with Crippen molar-refractivity contribution in [1.82, 2.24) is 5.32 Å². The Morgan fingerprint density at radius 1 is 0.893 bits per heavy atom. The van der Waals surface area contributed by atoms with Gasteiger partial charge < -0.3 is 14.8 Å². The minimum atomic E-state index is -0.921. The zero-order valence-corrected chi connectivity index (χ0v) is 17.9. The molecule has 0 aromatic heterocycles. The van der Waals surface area contributed by atoms with Crippen molar-refractivity contribution in [2.75, 3.05) is 13.2 Å². The number of unbranched alkanes of at least 4 members (excludes halogenated alkanes) is 9. The van der Waals surface area contributed by atoms with E-state index in [1.165, 1.54) is 51.4 Å². The molecule has 1 saturated carbocycles. The fourth-order valence-electron chi connectivity index (χ4n) is 3.66. The molecule has 0 unspecified atom stereocenters. The second-order valence-electron chi connectivity index (χ2n) is 7.74. The highest BCUT2D eigenvalue weighted by atomic mass is 16.6. The molecule has 0 aromatic carbocycles. The Bertz CT molecular complexity index is 500. The highest BCUT2D eigenvalue weighted by Crippen LogP contribution is 2.31. The van der Waals surface area contributed by atoms with E-state index in [0.29, 0.717) is 19.4 Å². The minimum Gasteiger partial charge on any atom is -0.464 e. The standard InChI is InChI=1S/C23H39NO4/c1-3-5-7-8-9-10-11-12-13-16-20-27-21(25)23(17-14-15-18-23)24-22(26)28-19-6-4-2/h3,5,7-20H2,1-2H3,(H,24,26). The lowest BCUT2D eigenvalue weighted by Gasteiger charge is -2.27. The van der Waals surface area contributed by atoms with E-state index in [2.05, 4.69) is 24.1 Å². The van der Waals surface area contributed by atoms with Crippen molar-refractivity contribution in [2.24, 2.45) is 0 Å². The van der Waals surface area contributed by atoms with E-state index in [1.54, 1.807) is 6.92 Å². The van der Waals surface area contributed by atoms with Gasteiger partial charge in [0.05, 0.1) is 6.61 Å². The summed E-state index contributed by atoms with van der Waals surface area (Å²) in [5.74, 6) is 5.02. The fourth-order valence-corrected chi connectivity index (χ4v) is 3.66. The summed E-state index contributed by atoms with van der Waals surface area (Å²) in [6, 6.07) is 0. The van der Waals surface area contributed by atoms with Gasteiger partial charge in [-0.3, -0.25) is 0 Å². The normalized spacial score (nSPS) is 14.8. The maximum absolute atomic E-state index is 12.6. The molecule has 0 heterocycles. The molecule has 1 aliphatic carbocycles. The SMILES string of the molecule is CC#CCOC(=O)NC1(C(=O)OCCCCCCCCCCCC)CCCC1. The zero-order chi connectivity index (χ0) is 20.5. The fraction of sp³-hybridized carbons (Fsp3) is 0.826. The van der Waals surface area contributed by atoms with Gasteiger partial charge in [0.1, 0.15) is 5.54 Å². The van der Waals surface area contributed by atoms with Crippen LogP contribution in [0.3, 0.4) is 0 Å². The first kappa shape index (κ1) is 24.3. The highest BCUT2D eigenvalue weighted by Gasteiger charge is 2.44. The third kappa shape index (κ3) is 10.0. The Morgan fingerprint density at radius 3 is 2.04 bits per heavy atom. The summed E-state index contributed by atoms with van der Waals surface area (Å²) in [6.07, 6.45) is 14.9. The number of esters is 1. The molecule has 0 radical (unpaired) electrons. The molecule has 28 heavy (non-hydrogen) atoms. The summed E-state index contributed by atoms with van der Waals surface area (Å²) in [7, 11) is 0. The van der Waals surface area contributed by atoms with Crippen molar-refractivity contribution >= 4 is 12.1 Å². The van der Waals surface area contributed by atoms with Crippen LogP contribution in [-0.2, 0) is 14.3 Å². The van der Waals surface area contributed by atoms with Crippen LogP contribution in [0.5, 0.6) is 0 Å². The summed E-state index contributed by atoms with van der Waals surface area (Å²) in [6.45, 7) is 4.39. The molecule has 0 bridgehead atoms. The van der Waals surface area contributed by atoms with Crippen LogP contribution in [0.4, 0.5) is 4.79 Å². The van der Waals surface area contributed by atoms with Crippen LogP contribution in [0.1, 0.15) is 104 Å². The van der Waals surface area contributed by atoms with E-state index < -0.39 is 11.6 Å². The van der Waals surface area contributed by atoms with Gasteiger partial charge >= 0.3 is 12.1 Å². The molecule has 0 spiro atoms. The summed E-state index contributed by atoms with van der Waals surface area (Å²) < 4.78 is 10.5. The number of hydrogen-bond acceptors (Lipinski definition) is 4. The van der Waals surface area contributed by atoms with Crippen molar-refractivity contribution in [3.8, 4) is 11.8 Å². The first-order valence-electron chi connectivity index (χ1n) is 11.2. The smallest absolute Gasteiger partial charge is 0.409 e. The quantitative estimate of drug-likeness (QED) is 0.240. The van der Waals surface area contributed by atoms with E-state index in [1.807, 2.05) is 0 Å². The molecule has 0 aromatic rings. The molecule has 1 aliphatic rings. The third-order valence-electron chi connectivity index (χ3n) is 5.37. The van der Waals surface area contributed by atoms with Crippen LogP contribution in [0, 0.1) is 11.8 Å². The Morgan fingerprint density at radius 2 is 1.46 bits per heavy atom. The molecule has 160 valence electrons. The van der Waals surface area contributed by atoms with Crippen molar-refractivity contribution in [2.45, 2.75) is 109 Å². The van der Waals surface area contributed by atoms with E-state index in [0.717, 1.165) is 25.7 Å². The minimum absolute atomic E-state index is 0.0338. The number of amides is 1. The van der Waals surface area contributed by atoms with Crippen molar-refractivity contribution < 1.29 is 19.1 Å². The lowest BCUT2D eigenvalue weighted by atomic mass is 9.98. The summed E-state index contributed by atoms with van der Waals surface area (Å²) >= 11 is 0. The number of nitrogens with one attached hydrogen (secondary N) is 1. The van der Waals surface area contributed by atoms with Crippen LogP contribution >= 0.6 is 0 Å². The molecular formula is C23H39NO4. The van der Waals surface area contributed by atoms with Crippen molar-refractivity contribution in [3.63, 3.8) is 0 Å². The van der Waals surface area contributed by atoms with Gasteiger partial charge in [0.15, 0.2) is 6.61 Å². The van der Waals surface area contributed by atoms with E-state index >= 15 is 0 Å². The molecule has 1 fully saturated rings. The highest BCUT2D eigenvalue weighted by molar-refractivity contribution is 5.86. The summed E-state index contributed by atoms with van der Waals surface area (Å²) in [5.41, 5.74) is -0.921. The number of ether oxygens (including phenoxy) is 2. The molecule has 1 N–H and O–H groups in total. The van der Waals surface area contributed by atoms with Gasteiger partial charge in [-0.25, -0.2) is 9.59 Å². The Kier molecular flexibility index (Phi) is 13.3. The maximum atomic E-state index is 12.6. The van der Waals surface area contributed by atoms with Crippen molar-refractivity contribution in [1.29, 1.82) is 0 Å². The average molecular weight is 394 g/mol. The molecule has 5 heteroatoms. The van der Waals surface area contributed by atoms with Gasteiger partial charge in [0.25, 0.3) is 0 Å². The number of rotatable bonds is 14. The Balaban J connectivity index is 2.17. The zero-order valence-electron chi connectivity index (χ0n) is 17.9. The van der Waals surface area contributed by atoms with Gasteiger partial charge in [0.2, 0.25) is 0 Å². The first-order valence-corrected chi connectivity index (χ1v) is 11.2. The van der Waals surface area contributed by atoms with Crippen LogP contribution in [0.2, 0.25) is 0 Å². The predicted molar refractivity (Wildman–Crippen MR) is 112 cm³/mol. The van der Waals surface area contributed by atoms with Crippen LogP contribution in [0.25, 0.3) is 0 Å². The van der Waals surface area contributed by atoms with E-state index in [4.69, 9.17) is 9.47 Å². The number of hydrogen-bond donors (Lipinski definition) is 1. The topological polar surface area (TPSA) is 64.6 Å². The van der Waals surface area contributed by atoms with Crippen LogP contribution in [0.15, 0.2) is 0 Å². The number of alkyl carbamates (subject to hydrolysis) is 1. The molecule has 1 rings (SSSR count). The Hall–Kier alpha value is -1.70. The summed E-state index contributed by atoms with van der Waals surface area (Å²) in [4.78, 5) is 24.5. The Labute approximate surface area is 171 Å². The van der Waals surface area contributed by atoms with Gasteiger partial charge in [-0.15, -0.1) is 5.92 Å². The van der Waals surface area contributed by atoms with Crippen molar-refractivity contribution in [3.05, 3.63) is 0 Å². The molecule has 0 aliphatic heterocycles. The monoisotopic (exact) mass is 393 g/mol. The average Bonchev–Trinajstić information content (AvgIpc) is 3.15. The second kappa shape index (κ2) is 15.2. The molecule has 0 atom stereocenters. The number of carbonyl (C=O) groups is 2. The van der Waals surface area contributed by atoms with Gasteiger partial charge in [0, 0.05) is 0 Å². The van der Waals surface area contributed by atoms with Crippen LogP contribution in [-0.4, -0.2) is 30.8 Å². The molecule has 0 saturated heterocycles.